The van der Waals surface area contributed by atoms with E-state index < -0.39 is 0 Å². The van der Waals surface area contributed by atoms with Gasteiger partial charge in [-0.2, -0.15) is 0 Å². The van der Waals surface area contributed by atoms with Crippen molar-refractivity contribution in [2.24, 2.45) is 0 Å². The van der Waals surface area contributed by atoms with Crippen LogP contribution in [0.15, 0.2) is 24.3 Å². The molecule has 1 aromatic heterocycles. The third-order valence-corrected chi connectivity index (χ3v) is 4.89. The predicted octanol–water partition coefficient (Wildman–Crippen LogP) is 2.96. The van der Waals surface area contributed by atoms with Gasteiger partial charge in [0.1, 0.15) is 0 Å². The van der Waals surface area contributed by atoms with Crippen molar-refractivity contribution < 1.29 is 0 Å². The molecule has 1 fully saturated rings. The van der Waals surface area contributed by atoms with Gasteiger partial charge in [-0.1, -0.05) is 12.1 Å². The molecule has 3 rings (SSSR count). The summed E-state index contributed by atoms with van der Waals surface area (Å²) in [5.74, 6) is 0. The largest absolute Gasteiger partial charge is 0.304 e. The van der Waals surface area contributed by atoms with Crippen LogP contribution in [0.4, 0.5) is 0 Å². The second-order valence-corrected chi connectivity index (χ2v) is 6.45. The molecule has 2 heterocycles. The van der Waals surface area contributed by atoms with E-state index in [1.54, 1.807) is 0 Å². The fourth-order valence-corrected chi connectivity index (χ4v) is 3.75. The average Bonchev–Trinajstić information content (AvgIpc) is 2.76. The maximum atomic E-state index is 2.57. The van der Waals surface area contributed by atoms with Gasteiger partial charge >= 0.3 is 0 Å². The Morgan fingerprint density at radius 1 is 1.17 bits per heavy atom. The number of hydrogen-bond donors (Lipinski definition) is 0. The number of piperazine rings is 1. The first-order valence-corrected chi connectivity index (χ1v) is 7.43. The van der Waals surface area contributed by atoms with Crippen molar-refractivity contribution in [3.05, 3.63) is 34.7 Å². The Bertz CT molecular complexity index is 538. The second kappa shape index (κ2) is 5.00. The Morgan fingerprint density at radius 3 is 2.67 bits per heavy atom. The third kappa shape index (κ3) is 2.44. The predicted molar refractivity (Wildman–Crippen MR) is 79.3 cm³/mol. The molecule has 0 aliphatic carbocycles. The standard InChI is InChI=1S/C15H20N2S/c1-12-4-3-5-15-14(12)10-13(18-15)11-17-8-6-16(2)7-9-17/h3-5,10H,6-9,11H2,1-2H3. The molecular formula is C15H20N2S. The van der Waals surface area contributed by atoms with Crippen LogP contribution in [0.2, 0.25) is 0 Å². The van der Waals surface area contributed by atoms with Crippen molar-refractivity contribution >= 4 is 21.4 Å². The Hall–Kier alpha value is -0.900. The Labute approximate surface area is 113 Å². The van der Waals surface area contributed by atoms with Gasteiger partial charge in [0.15, 0.2) is 0 Å². The molecule has 3 heteroatoms. The Kier molecular flexibility index (Phi) is 3.37. The molecule has 0 N–H and O–H groups in total. The number of hydrogen-bond acceptors (Lipinski definition) is 3. The molecule has 0 saturated carbocycles. The fourth-order valence-electron chi connectivity index (χ4n) is 2.56. The summed E-state index contributed by atoms with van der Waals surface area (Å²) in [6.45, 7) is 8.11. The minimum Gasteiger partial charge on any atom is -0.304 e. The van der Waals surface area contributed by atoms with Crippen LogP contribution in [0, 0.1) is 6.92 Å². The SMILES string of the molecule is Cc1cccc2sc(CN3CCN(C)CC3)cc12. The van der Waals surface area contributed by atoms with E-state index in [9.17, 15) is 0 Å². The molecule has 0 atom stereocenters. The first-order chi connectivity index (χ1) is 8.72. The van der Waals surface area contributed by atoms with Crippen LogP contribution >= 0.6 is 11.3 Å². The molecule has 1 aliphatic rings. The molecule has 0 bridgehead atoms. The van der Waals surface area contributed by atoms with E-state index in [1.807, 2.05) is 11.3 Å². The highest BCUT2D eigenvalue weighted by atomic mass is 32.1. The lowest BCUT2D eigenvalue weighted by molar-refractivity contribution is 0.149. The highest BCUT2D eigenvalue weighted by molar-refractivity contribution is 7.19. The van der Waals surface area contributed by atoms with Crippen LogP contribution in [0.3, 0.4) is 0 Å². The van der Waals surface area contributed by atoms with Crippen LogP contribution in [0.5, 0.6) is 0 Å². The zero-order valence-corrected chi connectivity index (χ0v) is 12.0. The van der Waals surface area contributed by atoms with Crippen LogP contribution in [0.1, 0.15) is 10.4 Å². The number of benzene rings is 1. The van der Waals surface area contributed by atoms with Crippen molar-refractivity contribution in [3.63, 3.8) is 0 Å². The first-order valence-electron chi connectivity index (χ1n) is 6.61. The lowest BCUT2D eigenvalue weighted by atomic mass is 10.1. The van der Waals surface area contributed by atoms with Crippen LogP contribution < -0.4 is 0 Å². The lowest BCUT2D eigenvalue weighted by Crippen LogP contribution is -2.43. The molecule has 0 radical (unpaired) electrons. The zero-order valence-electron chi connectivity index (χ0n) is 11.1. The van der Waals surface area contributed by atoms with E-state index in [1.165, 1.54) is 46.7 Å². The molecule has 96 valence electrons. The Morgan fingerprint density at radius 2 is 1.94 bits per heavy atom. The summed E-state index contributed by atoms with van der Waals surface area (Å²) in [7, 11) is 2.21. The van der Waals surface area contributed by atoms with Gasteiger partial charge in [-0.3, -0.25) is 4.90 Å². The monoisotopic (exact) mass is 260 g/mol. The van der Waals surface area contributed by atoms with Gasteiger partial charge in [0.05, 0.1) is 0 Å². The van der Waals surface area contributed by atoms with Crippen molar-refractivity contribution in [1.82, 2.24) is 9.80 Å². The van der Waals surface area contributed by atoms with E-state index in [-0.39, 0.29) is 0 Å². The summed E-state index contributed by atoms with van der Waals surface area (Å²) in [5, 5.41) is 1.44. The number of thiophene rings is 1. The van der Waals surface area contributed by atoms with E-state index in [0.717, 1.165) is 6.54 Å². The maximum absolute atomic E-state index is 2.57. The summed E-state index contributed by atoms with van der Waals surface area (Å²) < 4.78 is 1.43. The summed E-state index contributed by atoms with van der Waals surface area (Å²) in [5.41, 5.74) is 1.40. The molecule has 0 unspecified atom stereocenters. The smallest absolute Gasteiger partial charge is 0.0348 e. The lowest BCUT2D eigenvalue weighted by Gasteiger charge is -2.31. The molecule has 0 spiro atoms. The van der Waals surface area contributed by atoms with Crippen molar-refractivity contribution in [3.8, 4) is 0 Å². The zero-order chi connectivity index (χ0) is 12.5. The van der Waals surface area contributed by atoms with Gasteiger partial charge in [0, 0.05) is 42.3 Å². The minimum atomic E-state index is 1.12. The molecule has 0 amide bonds. The first kappa shape index (κ1) is 12.2. The second-order valence-electron chi connectivity index (χ2n) is 5.28. The van der Waals surface area contributed by atoms with E-state index in [4.69, 9.17) is 0 Å². The highest BCUT2D eigenvalue weighted by Gasteiger charge is 2.15. The van der Waals surface area contributed by atoms with Gasteiger partial charge in [0.25, 0.3) is 0 Å². The number of aryl methyl sites for hydroxylation is 1. The van der Waals surface area contributed by atoms with Crippen molar-refractivity contribution in [2.75, 3.05) is 33.2 Å². The van der Waals surface area contributed by atoms with Gasteiger partial charge in [-0.25, -0.2) is 0 Å². The van der Waals surface area contributed by atoms with Gasteiger partial charge in [-0.15, -0.1) is 11.3 Å². The van der Waals surface area contributed by atoms with Crippen LogP contribution in [-0.2, 0) is 6.54 Å². The normalized spacial score (nSPS) is 18.6. The quantitative estimate of drug-likeness (QED) is 0.819. The van der Waals surface area contributed by atoms with Crippen LogP contribution in [0.25, 0.3) is 10.1 Å². The van der Waals surface area contributed by atoms with E-state index >= 15 is 0 Å². The summed E-state index contributed by atoms with van der Waals surface area (Å²) in [4.78, 5) is 6.48. The fraction of sp³-hybridized carbons (Fsp3) is 0.467. The Balaban J connectivity index is 1.77. The van der Waals surface area contributed by atoms with Gasteiger partial charge < -0.3 is 4.90 Å². The van der Waals surface area contributed by atoms with E-state index in [0.29, 0.717) is 0 Å². The molecule has 2 nitrogen and oxygen atoms in total. The third-order valence-electron chi connectivity index (χ3n) is 3.81. The average molecular weight is 260 g/mol. The molecule has 18 heavy (non-hydrogen) atoms. The minimum absolute atomic E-state index is 1.12. The number of rotatable bonds is 2. The molecule has 1 saturated heterocycles. The highest BCUT2D eigenvalue weighted by Crippen LogP contribution is 2.28. The van der Waals surface area contributed by atoms with Crippen molar-refractivity contribution in [1.29, 1.82) is 0 Å². The topological polar surface area (TPSA) is 6.48 Å². The number of fused-ring (bicyclic) bond motifs is 1. The van der Waals surface area contributed by atoms with E-state index in [2.05, 4.69) is 48.0 Å². The molecule has 2 aromatic rings. The molecular weight excluding hydrogens is 240 g/mol. The summed E-state index contributed by atoms with van der Waals surface area (Å²) >= 11 is 1.95. The van der Waals surface area contributed by atoms with Crippen molar-refractivity contribution in [2.45, 2.75) is 13.5 Å². The maximum Gasteiger partial charge on any atom is 0.0348 e. The number of nitrogens with zero attached hydrogens (tertiary/aromatic N) is 2. The van der Waals surface area contributed by atoms with Gasteiger partial charge in [-0.05, 0) is 37.1 Å². The summed E-state index contributed by atoms with van der Waals surface area (Å²) in [6.07, 6.45) is 0. The molecule has 1 aromatic carbocycles. The van der Waals surface area contributed by atoms with Crippen LogP contribution in [-0.4, -0.2) is 43.0 Å². The van der Waals surface area contributed by atoms with Gasteiger partial charge in [0.2, 0.25) is 0 Å². The molecule has 1 aliphatic heterocycles. The summed E-state index contributed by atoms with van der Waals surface area (Å²) in [6, 6.07) is 8.98. The number of likely N-dealkylation sites (N-methyl/N-ethyl adjacent to an activating group) is 1.